The summed E-state index contributed by atoms with van der Waals surface area (Å²) in [5.74, 6) is 7.01. The molecule has 3 aromatic rings. The van der Waals surface area contributed by atoms with Crippen LogP contribution in [0.25, 0.3) is 22.2 Å². The summed E-state index contributed by atoms with van der Waals surface area (Å²) < 4.78 is 5.70. The van der Waals surface area contributed by atoms with Crippen molar-refractivity contribution in [2.24, 2.45) is 0 Å². The summed E-state index contributed by atoms with van der Waals surface area (Å²) in [5, 5.41) is 11.0. The number of benzene rings is 2. The van der Waals surface area contributed by atoms with Crippen LogP contribution in [0.5, 0.6) is 0 Å². The van der Waals surface area contributed by atoms with Gasteiger partial charge in [0.2, 0.25) is 5.89 Å². The Morgan fingerprint density at radius 2 is 1.95 bits per heavy atom. The Morgan fingerprint density at radius 1 is 1.10 bits per heavy atom. The molecule has 0 fully saturated rings. The third-order valence-corrected chi connectivity index (χ3v) is 3.57. The number of aromatic nitrogens is 2. The van der Waals surface area contributed by atoms with E-state index < -0.39 is 0 Å². The molecule has 1 heterocycles. The van der Waals surface area contributed by atoms with Gasteiger partial charge in [0.25, 0.3) is 5.22 Å². The number of nitrogens with zero attached hydrogens (tertiary/aromatic N) is 2. The predicted octanol–water partition coefficient (Wildman–Crippen LogP) is 4.01. The van der Waals surface area contributed by atoms with Gasteiger partial charge in [0.05, 0.1) is 5.75 Å². The van der Waals surface area contributed by atoms with Crippen LogP contribution in [-0.4, -0.2) is 16.0 Å². The lowest BCUT2D eigenvalue weighted by Crippen LogP contribution is -1.80. The molecule has 0 spiro atoms. The molecule has 1 aromatic heterocycles. The van der Waals surface area contributed by atoms with Gasteiger partial charge >= 0.3 is 0 Å². The van der Waals surface area contributed by atoms with E-state index in [4.69, 9.17) is 4.42 Å². The molecule has 0 saturated carbocycles. The van der Waals surface area contributed by atoms with Crippen LogP contribution in [0.4, 0.5) is 0 Å². The molecule has 2 aromatic carbocycles. The normalized spacial score (nSPS) is 10.2. The average molecular weight is 280 g/mol. The van der Waals surface area contributed by atoms with Gasteiger partial charge in [0.1, 0.15) is 0 Å². The van der Waals surface area contributed by atoms with Crippen LogP contribution in [0.15, 0.2) is 52.1 Å². The van der Waals surface area contributed by atoms with Crippen molar-refractivity contribution >= 4 is 22.5 Å². The van der Waals surface area contributed by atoms with E-state index in [-0.39, 0.29) is 0 Å². The zero-order valence-corrected chi connectivity index (χ0v) is 11.8. The Labute approximate surface area is 121 Å². The molecule has 0 bridgehead atoms. The molecule has 20 heavy (non-hydrogen) atoms. The highest BCUT2D eigenvalue weighted by atomic mass is 32.2. The van der Waals surface area contributed by atoms with Crippen LogP contribution in [0.1, 0.15) is 6.92 Å². The number of hydrogen-bond acceptors (Lipinski definition) is 4. The second kappa shape index (κ2) is 5.81. The van der Waals surface area contributed by atoms with Crippen LogP contribution in [0.3, 0.4) is 0 Å². The zero-order chi connectivity index (χ0) is 13.8. The van der Waals surface area contributed by atoms with Crippen molar-refractivity contribution in [2.75, 3.05) is 5.75 Å². The highest BCUT2D eigenvalue weighted by molar-refractivity contribution is 7.99. The fourth-order valence-corrected chi connectivity index (χ4v) is 2.54. The molecule has 3 nitrogen and oxygen atoms in total. The molecule has 4 heteroatoms. The maximum atomic E-state index is 5.70. The van der Waals surface area contributed by atoms with Gasteiger partial charge < -0.3 is 4.42 Å². The molecule has 0 unspecified atom stereocenters. The lowest BCUT2D eigenvalue weighted by atomic mass is 10.0. The Balaban J connectivity index is 1.96. The lowest BCUT2D eigenvalue weighted by Gasteiger charge is -2.01. The van der Waals surface area contributed by atoms with Gasteiger partial charge in [0.15, 0.2) is 0 Å². The largest absolute Gasteiger partial charge is 0.411 e. The Kier molecular flexibility index (Phi) is 3.71. The van der Waals surface area contributed by atoms with Crippen LogP contribution in [-0.2, 0) is 0 Å². The molecule has 0 aliphatic rings. The molecule has 0 aliphatic heterocycles. The number of thioether (sulfide) groups is 1. The monoisotopic (exact) mass is 280 g/mol. The highest BCUT2D eigenvalue weighted by Crippen LogP contribution is 2.29. The summed E-state index contributed by atoms with van der Waals surface area (Å²) in [7, 11) is 0. The molecular formula is C16H12N2OS. The minimum atomic E-state index is 0.550. The second-order valence-electron chi connectivity index (χ2n) is 4.12. The first-order valence-electron chi connectivity index (χ1n) is 6.22. The summed E-state index contributed by atoms with van der Waals surface area (Å²) in [6, 6.07) is 14.2. The standard InChI is InChI=1S/C16H12N2OS/c1-2-3-11-20-16-18-17-15(19-16)14-10-6-8-12-7-4-5-9-13(12)14/h4-10H,11H2,1H3. The van der Waals surface area contributed by atoms with Crippen molar-refractivity contribution in [1.82, 2.24) is 10.2 Å². The topological polar surface area (TPSA) is 38.9 Å². The van der Waals surface area contributed by atoms with Crippen LogP contribution < -0.4 is 0 Å². The molecule has 0 atom stereocenters. The first-order chi connectivity index (χ1) is 9.88. The molecular weight excluding hydrogens is 268 g/mol. The fraction of sp³-hybridized carbons (Fsp3) is 0.125. The van der Waals surface area contributed by atoms with Gasteiger partial charge in [-0.1, -0.05) is 54.1 Å². The quantitative estimate of drug-likeness (QED) is 0.537. The summed E-state index contributed by atoms with van der Waals surface area (Å²) in [6.07, 6.45) is 0. The number of hydrogen-bond donors (Lipinski definition) is 0. The van der Waals surface area contributed by atoms with E-state index in [0.717, 1.165) is 16.3 Å². The van der Waals surface area contributed by atoms with Gasteiger partial charge in [-0.25, -0.2) is 0 Å². The van der Waals surface area contributed by atoms with Gasteiger partial charge in [-0.2, -0.15) is 0 Å². The molecule has 3 rings (SSSR count). The minimum absolute atomic E-state index is 0.550. The fourth-order valence-electron chi connectivity index (χ4n) is 1.96. The Morgan fingerprint density at radius 3 is 2.85 bits per heavy atom. The summed E-state index contributed by atoms with van der Waals surface area (Å²) in [4.78, 5) is 0. The molecule has 0 aliphatic carbocycles. The average Bonchev–Trinajstić information content (AvgIpc) is 2.96. The molecule has 98 valence electrons. The maximum absolute atomic E-state index is 5.70. The van der Waals surface area contributed by atoms with Gasteiger partial charge in [-0.05, 0) is 23.8 Å². The van der Waals surface area contributed by atoms with Crippen molar-refractivity contribution in [3.8, 4) is 23.3 Å². The molecule has 0 N–H and O–H groups in total. The first-order valence-corrected chi connectivity index (χ1v) is 7.21. The van der Waals surface area contributed by atoms with Crippen molar-refractivity contribution in [1.29, 1.82) is 0 Å². The van der Waals surface area contributed by atoms with Crippen molar-refractivity contribution in [3.63, 3.8) is 0 Å². The summed E-state index contributed by atoms with van der Waals surface area (Å²) in [5.41, 5.74) is 0.962. The Bertz CT molecular complexity index is 793. The van der Waals surface area contributed by atoms with Crippen LogP contribution in [0.2, 0.25) is 0 Å². The number of rotatable bonds is 3. The summed E-state index contributed by atoms with van der Waals surface area (Å²) in [6.45, 7) is 1.82. The Hall–Kier alpha value is -2.25. The zero-order valence-electron chi connectivity index (χ0n) is 11.0. The minimum Gasteiger partial charge on any atom is -0.411 e. The van der Waals surface area contributed by atoms with E-state index in [1.54, 1.807) is 0 Å². The van der Waals surface area contributed by atoms with E-state index >= 15 is 0 Å². The first kappa shape index (κ1) is 12.8. The van der Waals surface area contributed by atoms with E-state index in [1.165, 1.54) is 11.8 Å². The van der Waals surface area contributed by atoms with Crippen molar-refractivity contribution in [2.45, 2.75) is 12.1 Å². The molecule has 0 radical (unpaired) electrons. The van der Waals surface area contributed by atoms with Crippen LogP contribution >= 0.6 is 11.8 Å². The van der Waals surface area contributed by atoms with Crippen molar-refractivity contribution in [3.05, 3.63) is 42.5 Å². The van der Waals surface area contributed by atoms with E-state index in [1.807, 2.05) is 31.2 Å². The van der Waals surface area contributed by atoms with Gasteiger partial charge in [0, 0.05) is 5.56 Å². The predicted molar refractivity (Wildman–Crippen MR) is 81.4 cm³/mol. The molecule has 0 saturated heterocycles. The van der Waals surface area contributed by atoms with E-state index in [2.05, 4.69) is 40.2 Å². The maximum Gasteiger partial charge on any atom is 0.277 e. The van der Waals surface area contributed by atoms with Gasteiger partial charge in [-0.15, -0.1) is 16.1 Å². The summed E-state index contributed by atoms with van der Waals surface area (Å²) >= 11 is 1.45. The number of fused-ring (bicyclic) bond motifs is 1. The van der Waals surface area contributed by atoms with Gasteiger partial charge in [-0.3, -0.25) is 0 Å². The van der Waals surface area contributed by atoms with E-state index in [9.17, 15) is 0 Å². The lowest BCUT2D eigenvalue weighted by molar-refractivity contribution is 0.466. The smallest absolute Gasteiger partial charge is 0.277 e. The SMILES string of the molecule is CC#CCSc1nnc(-c2cccc3ccccc23)o1. The molecule has 0 amide bonds. The second-order valence-corrected chi connectivity index (χ2v) is 5.04. The third-order valence-electron chi connectivity index (χ3n) is 2.87. The third kappa shape index (κ3) is 2.54. The van der Waals surface area contributed by atoms with E-state index in [0.29, 0.717) is 16.9 Å². The van der Waals surface area contributed by atoms with Crippen molar-refractivity contribution < 1.29 is 4.42 Å². The van der Waals surface area contributed by atoms with Crippen LogP contribution in [0, 0.1) is 11.8 Å². The highest BCUT2D eigenvalue weighted by Gasteiger charge is 2.11.